The van der Waals surface area contributed by atoms with Crippen LogP contribution in [0.4, 0.5) is 5.69 Å². The van der Waals surface area contributed by atoms with Crippen LogP contribution < -0.4 is 10.5 Å². The largest absolute Gasteiger partial charge is 0.398 e. The van der Waals surface area contributed by atoms with Gasteiger partial charge in [0.15, 0.2) is 5.82 Å². The van der Waals surface area contributed by atoms with Crippen LogP contribution in [0.3, 0.4) is 0 Å². The number of benzene rings is 1. The van der Waals surface area contributed by atoms with Crippen LogP contribution in [-0.4, -0.2) is 25.1 Å². The van der Waals surface area contributed by atoms with Crippen molar-refractivity contribution in [2.75, 3.05) is 12.3 Å². The number of nitrogen functional groups attached to an aromatic ring is 1. The number of nitrogens with zero attached hydrogens (tertiary/aromatic N) is 2. The molecule has 1 aromatic heterocycles. The monoisotopic (exact) mass is 296 g/mol. The lowest BCUT2D eigenvalue weighted by atomic mass is 10.2. The van der Waals surface area contributed by atoms with Gasteiger partial charge in [0.2, 0.25) is 15.9 Å². The van der Waals surface area contributed by atoms with Crippen LogP contribution in [0, 0.1) is 6.92 Å². The second-order valence-electron chi connectivity index (χ2n) is 4.34. The molecule has 0 atom stereocenters. The number of aromatic nitrogens is 2. The summed E-state index contributed by atoms with van der Waals surface area (Å²) >= 11 is 0. The van der Waals surface area contributed by atoms with Crippen molar-refractivity contribution in [1.82, 2.24) is 14.9 Å². The predicted octanol–water partition coefficient (Wildman–Crippen LogP) is 0.622. The molecule has 0 unspecified atom stereocenters. The Bertz CT molecular complexity index is 682. The molecule has 0 aliphatic heterocycles. The number of hydrogen-bond acceptors (Lipinski definition) is 6. The van der Waals surface area contributed by atoms with Crippen LogP contribution in [0.1, 0.15) is 17.3 Å². The average Bonchev–Trinajstić information content (AvgIpc) is 2.77. The number of nitrogens with two attached hydrogens (primary N) is 1. The summed E-state index contributed by atoms with van der Waals surface area (Å²) in [5.74, 6) is 0.784. The van der Waals surface area contributed by atoms with Crippen molar-refractivity contribution in [1.29, 1.82) is 0 Å². The lowest BCUT2D eigenvalue weighted by Crippen LogP contribution is -2.27. The first-order chi connectivity index (χ1) is 9.46. The van der Waals surface area contributed by atoms with Crippen LogP contribution >= 0.6 is 0 Å². The Kier molecular flexibility index (Phi) is 4.35. The molecule has 108 valence electrons. The van der Waals surface area contributed by atoms with Gasteiger partial charge in [0, 0.05) is 18.7 Å². The Hall–Kier alpha value is -1.93. The maximum atomic E-state index is 11.9. The molecule has 0 aliphatic rings. The van der Waals surface area contributed by atoms with Crippen molar-refractivity contribution in [3.63, 3.8) is 0 Å². The lowest BCUT2D eigenvalue weighted by molar-refractivity contribution is 0.375. The molecule has 3 N–H and O–H groups in total. The molecule has 0 bridgehead atoms. The molecule has 0 amide bonds. The Balaban J connectivity index is 1.90. The Morgan fingerprint density at radius 2 is 2.10 bits per heavy atom. The summed E-state index contributed by atoms with van der Waals surface area (Å²) in [7, 11) is -3.44. The maximum Gasteiger partial charge on any atom is 0.227 e. The third-order valence-corrected chi connectivity index (χ3v) is 3.97. The summed E-state index contributed by atoms with van der Waals surface area (Å²) < 4.78 is 31.2. The SMILES string of the molecule is Cc1noc(CCNS(=O)(=O)Cc2ccccc2N)n1. The first-order valence-corrected chi connectivity index (χ1v) is 7.71. The van der Waals surface area contributed by atoms with E-state index in [1.165, 1.54) is 0 Å². The standard InChI is InChI=1S/C12H16N4O3S/c1-9-15-12(19-16-9)6-7-14-20(17,18)8-10-4-2-3-5-11(10)13/h2-5,14H,6-8,13H2,1H3. The van der Waals surface area contributed by atoms with Gasteiger partial charge in [-0.1, -0.05) is 23.4 Å². The number of anilines is 1. The molecular formula is C12H16N4O3S. The Labute approximate surface area is 117 Å². The van der Waals surface area contributed by atoms with E-state index >= 15 is 0 Å². The molecule has 8 heteroatoms. The molecule has 1 aromatic carbocycles. The number of hydrogen-bond donors (Lipinski definition) is 2. The van der Waals surface area contributed by atoms with Crippen LogP contribution in [-0.2, 0) is 22.2 Å². The molecule has 0 spiro atoms. The van der Waals surface area contributed by atoms with Crippen LogP contribution in [0.5, 0.6) is 0 Å². The zero-order valence-electron chi connectivity index (χ0n) is 11.0. The van der Waals surface area contributed by atoms with Gasteiger partial charge < -0.3 is 10.3 Å². The third kappa shape index (κ3) is 4.04. The van der Waals surface area contributed by atoms with Gasteiger partial charge in [-0.2, -0.15) is 4.98 Å². The Morgan fingerprint density at radius 1 is 1.35 bits per heavy atom. The predicted molar refractivity (Wildman–Crippen MR) is 74.2 cm³/mol. The highest BCUT2D eigenvalue weighted by atomic mass is 32.2. The molecule has 2 aromatic rings. The smallest absolute Gasteiger partial charge is 0.227 e. The van der Waals surface area contributed by atoms with Crippen molar-refractivity contribution in [2.24, 2.45) is 0 Å². The average molecular weight is 296 g/mol. The van der Waals surface area contributed by atoms with Gasteiger partial charge in [-0.15, -0.1) is 0 Å². The lowest BCUT2D eigenvalue weighted by Gasteiger charge is -2.07. The van der Waals surface area contributed by atoms with Crippen molar-refractivity contribution >= 4 is 15.7 Å². The van der Waals surface area contributed by atoms with Crippen molar-refractivity contribution in [2.45, 2.75) is 19.1 Å². The zero-order chi connectivity index (χ0) is 14.6. The summed E-state index contributed by atoms with van der Waals surface area (Å²) in [5.41, 5.74) is 6.77. The minimum Gasteiger partial charge on any atom is -0.398 e. The van der Waals surface area contributed by atoms with Crippen LogP contribution in [0.15, 0.2) is 28.8 Å². The molecular weight excluding hydrogens is 280 g/mol. The zero-order valence-corrected chi connectivity index (χ0v) is 11.9. The van der Waals surface area contributed by atoms with Crippen molar-refractivity contribution < 1.29 is 12.9 Å². The van der Waals surface area contributed by atoms with Crippen LogP contribution in [0.25, 0.3) is 0 Å². The number of para-hydroxylation sites is 1. The van der Waals surface area contributed by atoms with E-state index in [-0.39, 0.29) is 12.3 Å². The summed E-state index contributed by atoms with van der Waals surface area (Å²) in [4.78, 5) is 4.00. The van der Waals surface area contributed by atoms with Gasteiger partial charge >= 0.3 is 0 Å². The third-order valence-electron chi connectivity index (χ3n) is 2.63. The fraction of sp³-hybridized carbons (Fsp3) is 0.333. The molecule has 0 saturated carbocycles. The minimum absolute atomic E-state index is 0.150. The van der Waals surface area contributed by atoms with Gasteiger partial charge in [0.05, 0.1) is 5.75 Å². The number of sulfonamides is 1. The summed E-state index contributed by atoms with van der Waals surface area (Å²) in [5, 5.41) is 3.63. The van der Waals surface area contributed by atoms with E-state index < -0.39 is 10.0 Å². The first kappa shape index (κ1) is 14.5. The topological polar surface area (TPSA) is 111 Å². The normalized spacial score (nSPS) is 11.7. The molecule has 0 saturated heterocycles. The minimum atomic E-state index is -3.44. The molecule has 1 heterocycles. The molecule has 0 radical (unpaired) electrons. The molecule has 0 fully saturated rings. The van der Waals surface area contributed by atoms with E-state index in [9.17, 15) is 8.42 Å². The van der Waals surface area contributed by atoms with E-state index in [4.69, 9.17) is 10.3 Å². The molecule has 2 rings (SSSR count). The second kappa shape index (κ2) is 6.02. The van der Waals surface area contributed by atoms with Gasteiger partial charge in [-0.05, 0) is 18.6 Å². The highest BCUT2D eigenvalue weighted by Gasteiger charge is 2.13. The summed E-state index contributed by atoms with van der Waals surface area (Å²) in [6.07, 6.45) is 0.352. The molecule has 7 nitrogen and oxygen atoms in total. The van der Waals surface area contributed by atoms with Crippen LogP contribution in [0.2, 0.25) is 0 Å². The van der Waals surface area contributed by atoms with Gasteiger partial charge in [-0.3, -0.25) is 0 Å². The van der Waals surface area contributed by atoms with Gasteiger partial charge in [0.1, 0.15) is 0 Å². The number of aryl methyl sites for hydroxylation is 1. The fourth-order valence-electron chi connectivity index (χ4n) is 1.68. The fourth-order valence-corrected chi connectivity index (χ4v) is 2.86. The van der Waals surface area contributed by atoms with Gasteiger partial charge in [0.25, 0.3) is 0 Å². The quantitative estimate of drug-likeness (QED) is 0.756. The molecule has 0 aliphatic carbocycles. The maximum absolute atomic E-state index is 11.9. The second-order valence-corrected chi connectivity index (χ2v) is 6.14. The van der Waals surface area contributed by atoms with E-state index in [0.717, 1.165) is 0 Å². The van der Waals surface area contributed by atoms with E-state index in [1.807, 2.05) is 0 Å². The highest BCUT2D eigenvalue weighted by molar-refractivity contribution is 7.88. The first-order valence-electron chi connectivity index (χ1n) is 6.06. The van der Waals surface area contributed by atoms with Gasteiger partial charge in [-0.25, -0.2) is 13.1 Å². The highest BCUT2D eigenvalue weighted by Crippen LogP contribution is 2.13. The van der Waals surface area contributed by atoms with Crippen molar-refractivity contribution in [3.8, 4) is 0 Å². The Morgan fingerprint density at radius 3 is 2.75 bits per heavy atom. The van der Waals surface area contributed by atoms with E-state index in [2.05, 4.69) is 14.9 Å². The number of rotatable bonds is 6. The van der Waals surface area contributed by atoms with Crippen molar-refractivity contribution in [3.05, 3.63) is 41.5 Å². The van der Waals surface area contributed by atoms with E-state index in [1.54, 1.807) is 31.2 Å². The summed E-state index contributed by atoms with van der Waals surface area (Å²) in [6, 6.07) is 6.88. The summed E-state index contributed by atoms with van der Waals surface area (Å²) in [6.45, 7) is 1.91. The van der Waals surface area contributed by atoms with E-state index in [0.29, 0.717) is 29.4 Å². The number of nitrogens with one attached hydrogen (secondary N) is 1. The molecule has 20 heavy (non-hydrogen) atoms.